The maximum absolute atomic E-state index is 12.2. The van der Waals surface area contributed by atoms with Crippen LogP contribution in [-0.2, 0) is 0 Å². The molecule has 1 aromatic carbocycles. The number of benzene rings is 1. The molecular formula is C14H20ClNO2. The summed E-state index contributed by atoms with van der Waals surface area (Å²) in [5.41, 5.74) is 0.956. The Bertz CT molecular complexity index is 434. The van der Waals surface area contributed by atoms with Crippen molar-refractivity contribution in [1.29, 1.82) is 0 Å². The van der Waals surface area contributed by atoms with Gasteiger partial charge in [0.15, 0.2) is 0 Å². The van der Waals surface area contributed by atoms with Crippen LogP contribution in [-0.4, -0.2) is 23.2 Å². The van der Waals surface area contributed by atoms with Gasteiger partial charge in [0, 0.05) is 12.1 Å². The summed E-state index contributed by atoms with van der Waals surface area (Å²) in [7, 11) is 0. The molecule has 0 saturated carbocycles. The van der Waals surface area contributed by atoms with Crippen LogP contribution in [0.5, 0.6) is 0 Å². The predicted molar refractivity (Wildman–Crippen MR) is 74.1 cm³/mol. The number of aryl methyl sites for hydroxylation is 1. The number of amides is 1. The SMILES string of the molecule is CCC(C)(CCO)NC(=O)c1cccc(C)c1Cl. The number of halogens is 1. The van der Waals surface area contributed by atoms with Crippen LogP contribution < -0.4 is 5.32 Å². The number of aliphatic hydroxyl groups excluding tert-OH is 1. The minimum atomic E-state index is -0.404. The van der Waals surface area contributed by atoms with Crippen LogP contribution in [0.3, 0.4) is 0 Å². The van der Waals surface area contributed by atoms with Crippen LogP contribution in [0.25, 0.3) is 0 Å². The van der Waals surface area contributed by atoms with Gasteiger partial charge in [-0.25, -0.2) is 0 Å². The number of nitrogens with one attached hydrogen (secondary N) is 1. The van der Waals surface area contributed by atoms with Gasteiger partial charge in [-0.05, 0) is 38.3 Å². The molecule has 1 atom stereocenters. The molecule has 4 heteroatoms. The van der Waals surface area contributed by atoms with E-state index in [4.69, 9.17) is 16.7 Å². The highest BCUT2D eigenvalue weighted by Gasteiger charge is 2.25. The lowest BCUT2D eigenvalue weighted by Gasteiger charge is -2.29. The lowest BCUT2D eigenvalue weighted by Crippen LogP contribution is -2.46. The fourth-order valence-corrected chi connectivity index (χ4v) is 1.95. The zero-order valence-corrected chi connectivity index (χ0v) is 11.8. The number of carbonyl (C=O) groups is 1. The third kappa shape index (κ3) is 3.47. The van der Waals surface area contributed by atoms with E-state index < -0.39 is 5.54 Å². The van der Waals surface area contributed by atoms with Crippen molar-refractivity contribution in [3.63, 3.8) is 0 Å². The summed E-state index contributed by atoms with van der Waals surface area (Å²) in [4.78, 5) is 12.2. The topological polar surface area (TPSA) is 49.3 Å². The van der Waals surface area contributed by atoms with Crippen LogP contribution >= 0.6 is 11.6 Å². The Morgan fingerprint density at radius 3 is 2.72 bits per heavy atom. The minimum absolute atomic E-state index is 0.0478. The van der Waals surface area contributed by atoms with Crippen molar-refractivity contribution in [3.05, 3.63) is 34.3 Å². The normalized spacial score (nSPS) is 14.1. The number of rotatable bonds is 5. The summed E-state index contributed by atoms with van der Waals surface area (Å²) in [6.45, 7) is 5.82. The van der Waals surface area contributed by atoms with Crippen LogP contribution in [0.4, 0.5) is 0 Å². The summed E-state index contributed by atoms with van der Waals surface area (Å²) < 4.78 is 0. The smallest absolute Gasteiger partial charge is 0.253 e. The van der Waals surface area contributed by atoms with Gasteiger partial charge in [-0.3, -0.25) is 4.79 Å². The molecule has 0 aliphatic heterocycles. The Hall–Kier alpha value is -1.06. The number of aliphatic hydroxyl groups is 1. The van der Waals surface area contributed by atoms with E-state index in [2.05, 4.69) is 5.32 Å². The fraction of sp³-hybridized carbons (Fsp3) is 0.500. The molecule has 0 fully saturated rings. The molecule has 2 N–H and O–H groups in total. The summed E-state index contributed by atoms with van der Waals surface area (Å²) >= 11 is 6.13. The number of hydrogen-bond acceptors (Lipinski definition) is 2. The number of carbonyl (C=O) groups excluding carboxylic acids is 1. The van der Waals surface area contributed by atoms with E-state index in [0.717, 1.165) is 12.0 Å². The second kappa shape index (κ2) is 6.21. The third-order valence-electron chi connectivity index (χ3n) is 3.30. The first-order valence-electron chi connectivity index (χ1n) is 6.12. The van der Waals surface area contributed by atoms with Gasteiger partial charge in [-0.15, -0.1) is 0 Å². The molecule has 0 heterocycles. The van der Waals surface area contributed by atoms with E-state index in [1.807, 2.05) is 32.9 Å². The average molecular weight is 270 g/mol. The monoisotopic (exact) mass is 269 g/mol. The van der Waals surface area contributed by atoms with Gasteiger partial charge < -0.3 is 10.4 Å². The van der Waals surface area contributed by atoms with Gasteiger partial charge >= 0.3 is 0 Å². The first kappa shape index (κ1) is 15.0. The van der Waals surface area contributed by atoms with Crippen LogP contribution in [0.15, 0.2) is 18.2 Å². The van der Waals surface area contributed by atoms with Crippen molar-refractivity contribution in [2.75, 3.05) is 6.61 Å². The first-order valence-corrected chi connectivity index (χ1v) is 6.50. The fourth-order valence-electron chi connectivity index (χ4n) is 1.74. The molecule has 0 bridgehead atoms. The zero-order chi connectivity index (χ0) is 13.8. The van der Waals surface area contributed by atoms with E-state index in [-0.39, 0.29) is 12.5 Å². The van der Waals surface area contributed by atoms with E-state index >= 15 is 0 Å². The van der Waals surface area contributed by atoms with Gasteiger partial charge in [0.05, 0.1) is 10.6 Å². The highest BCUT2D eigenvalue weighted by Crippen LogP contribution is 2.22. The van der Waals surface area contributed by atoms with Crippen molar-refractivity contribution in [1.82, 2.24) is 5.32 Å². The van der Waals surface area contributed by atoms with E-state index in [1.165, 1.54) is 0 Å². The van der Waals surface area contributed by atoms with E-state index in [9.17, 15) is 4.79 Å². The maximum Gasteiger partial charge on any atom is 0.253 e. The summed E-state index contributed by atoms with van der Waals surface area (Å²) in [6, 6.07) is 5.39. The molecule has 0 aromatic heterocycles. The zero-order valence-electron chi connectivity index (χ0n) is 11.1. The Morgan fingerprint density at radius 2 is 2.17 bits per heavy atom. The van der Waals surface area contributed by atoms with Gasteiger partial charge in [0.2, 0.25) is 0 Å². The molecule has 1 aromatic rings. The quantitative estimate of drug-likeness (QED) is 0.863. The standard InChI is InChI=1S/C14H20ClNO2/c1-4-14(3,8-9-17)16-13(18)11-7-5-6-10(2)12(11)15/h5-7,17H,4,8-9H2,1-3H3,(H,16,18). The van der Waals surface area contributed by atoms with E-state index in [0.29, 0.717) is 17.0 Å². The summed E-state index contributed by atoms with van der Waals surface area (Å²) in [6.07, 6.45) is 1.28. The van der Waals surface area contributed by atoms with Gasteiger partial charge in [0.1, 0.15) is 0 Å². The van der Waals surface area contributed by atoms with Crippen LogP contribution in [0.1, 0.15) is 42.6 Å². The Balaban J connectivity index is 2.91. The minimum Gasteiger partial charge on any atom is -0.396 e. The van der Waals surface area contributed by atoms with E-state index in [1.54, 1.807) is 6.07 Å². The Labute approximate surface area is 113 Å². The lowest BCUT2D eigenvalue weighted by atomic mass is 9.94. The maximum atomic E-state index is 12.2. The molecule has 18 heavy (non-hydrogen) atoms. The lowest BCUT2D eigenvalue weighted by molar-refractivity contribution is 0.0886. The molecule has 3 nitrogen and oxygen atoms in total. The average Bonchev–Trinajstić information content (AvgIpc) is 2.32. The molecule has 1 amide bonds. The second-order valence-electron chi connectivity index (χ2n) is 4.78. The molecule has 100 valence electrons. The van der Waals surface area contributed by atoms with Crippen molar-refractivity contribution >= 4 is 17.5 Å². The summed E-state index contributed by atoms with van der Waals surface area (Å²) in [5.74, 6) is -0.193. The van der Waals surface area contributed by atoms with Gasteiger partial charge in [-0.1, -0.05) is 30.7 Å². The van der Waals surface area contributed by atoms with Crippen molar-refractivity contribution < 1.29 is 9.90 Å². The largest absolute Gasteiger partial charge is 0.396 e. The van der Waals surface area contributed by atoms with Gasteiger partial charge in [-0.2, -0.15) is 0 Å². The van der Waals surface area contributed by atoms with Crippen molar-refractivity contribution in [2.24, 2.45) is 0 Å². The first-order chi connectivity index (χ1) is 8.43. The molecule has 0 radical (unpaired) electrons. The molecule has 1 rings (SSSR count). The molecule has 1 unspecified atom stereocenters. The van der Waals surface area contributed by atoms with Crippen molar-refractivity contribution in [3.8, 4) is 0 Å². The van der Waals surface area contributed by atoms with Crippen molar-refractivity contribution in [2.45, 2.75) is 39.2 Å². The van der Waals surface area contributed by atoms with Crippen LogP contribution in [0.2, 0.25) is 5.02 Å². The highest BCUT2D eigenvalue weighted by molar-refractivity contribution is 6.34. The molecule has 0 aliphatic rings. The highest BCUT2D eigenvalue weighted by atomic mass is 35.5. The van der Waals surface area contributed by atoms with Gasteiger partial charge in [0.25, 0.3) is 5.91 Å². The van der Waals surface area contributed by atoms with Crippen LogP contribution in [0, 0.1) is 6.92 Å². The molecular weight excluding hydrogens is 250 g/mol. The predicted octanol–water partition coefficient (Wildman–Crippen LogP) is 2.93. The number of hydrogen-bond donors (Lipinski definition) is 2. The molecule has 0 aliphatic carbocycles. The Kier molecular flexibility index (Phi) is 5.17. The Morgan fingerprint density at radius 1 is 1.50 bits per heavy atom. The molecule has 0 saturated heterocycles. The third-order valence-corrected chi connectivity index (χ3v) is 3.80. The summed E-state index contributed by atoms with van der Waals surface area (Å²) in [5, 5.41) is 12.5. The second-order valence-corrected chi connectivity index (χ2v) is 5.16. The molecule has 0 spiro atoms.